The first kappa shape index (κ1) is 17.4. The maximum Gasteiger partial charge on any atom is 0.0718 e. The smallest absolute Gasteiger partial charge is 0.0718 e. The van der Waals surface area contributed by atoms with E-state index in [0.717, 1.165) is 27.8 Å². The number of hydrogen-bond acceptors (Lipinski definition) is 2. The Morgan fingerprint density at radius 3 is 2.71 bits per heavy atom. The minimum atomic E-state index is 0.373. The highest BCUT2D eigenvalue weighted by Gasteiger charge is 2.33. The van der Waals surface area contributed by atoms with Crippen molar-refractivity contribution in [2.45, 2.75) is 58.4 Å². The first-order valence-electron chi connectivity index (χ1n) is 8.21. The van der Waals surface area contributed by atoms with Gasteiger partial charge in [0.25, 0.3) is 0 Å². The summed E-state index contributed by atoms with van der Waals surface area (Å²) in [4.78, 5) is 4.72. The van der Waals surface area contributed by atoms with Crippen molar-refractivity contribution in [2.75, 3.05) is 6.54 Å². The predicted octanol–water partition coefficient (Wildman–Crippen LogP) is 5.86. The lowest BCUT2D eigenvalue weighted by Gasteiger charge is -2.37. The van der Waals surface area contributed by atoms with Crippen LogP contribution in [0.1, 0.15) is 64.1 Å². The van der Waals surface area contributed by atoms with Crippen molar-refractivity contribution in [3.8, 4) is 0 Å². The van der Waals surface area contributed by atoms with Gasteiger partial charge in [-0.05, 0) is 69.1 Å². The summed E-state index contributed by atoms with van der Waals surface area (Å²) in [6, 6.07) is 2.49. The second kappa shape index (κ2) is 8.64. The molecule has 4 heteroatoms. The molecule has 0 radical (unpaired) electrons. The fourth-order valence-corrected chi connectivity index (χ4v) is 4.82. The zero-order valence-corrected chi connectivity index (χ0v) is 16.2. The lowest BCUT2D eigenvalue weighted by atomic mass is 9.73. The summed E-state index contributed by atoms with van der Waals surface area (Å²) in [6.45, 7) is 5.62. The molecule has 0 aliphatic heterocycles. The van der Waals surface area contributed by atoms with Gasteiger partial charge in [-0.15, -0.1) is 0 Å². The molecule has 0 spiro atoms. The maximum atomic E-state index is 4.72. The van der Waals surface area contributed by atoms with Crippen LogP contribution in [0.3, 0.4) is 0 Å². The second-order valence-electron chi connectivity index (χ2n) is 6.07. The second-order valence-corrected chi connectivity index (χ2v) is 7.84. The Hall–Kier alpha value is 0.0700. The predicted molar refractivity (Wildman–Crippen MR) is 96.4 cm³/mol. The molecule has 1 heterocycles. The summed E-state index contributed by atoms with van der Waals surface area (Å²) < 4.78 is 2.15. The van der Waals surface area contributed by atoms with E-state index in [1.165, 1.54) is 37.8 Å². The molecule has 2 rings (SSSR count). The Morgan fingerprint density at radius 2 is 2.05 bits per heavy atom. The third-order valence-corrected chi connectivity index (χ3v) is 5.73. The molecule has 1 fully saturated rings. The van der Waals surface area contributed by atoms with Crippen molar-refractivity contribution < 1.29 is 0 Å². The van der Waals surface area contributed by atoms with Gasteiger partial charge < -0.3 is 5.32 Å². The van der Waals surface area contributed by atoms with Crippen molar-refractivity contribution in [2.24, 2.45) is 11.8 Å². The minimum absolute atomic E-state index is 0.373. The molecule has 21 heavy (non-hydrogen) atoms. The first-order valence-corrected chi connectivity index (χ1v) is 9.80. The molecule has 1 aromatic heterocycles. The largest absolute Gasteiger partial charge is 0.308 e. The van der Waals surface area contributed by atoms with Crippen LogP contribution in [0, 0.1) is 11.8 Å². The van der Waals surface area contributed by atoms with Crippen LogP contribution in [0.5, 0.6) is 0 Å². The summed E-state index contributed by atoms with van der Waals surface area (Å²) in [6.07, 6.45) is 9.82. The monoisotopic (exact) mass is 416 g/mol. The van der Waals surface area contributed by atoms with Crippen molar-refractivity contribution in [1.82, 2.24) is 10.3 Å². The standard InChI is InChI=1S/C17H26Br2N2/c1-3-9-20-16(14-8-6-5-7-12(14)4-2)17-15(19)10-13(18)11-21-17/h10-12,14,16,20H,3-9H2,1-2H3. The Balaban J connectivity index is 2.27. The quantitative estimate of drug-likeness (QED) is 0.626. The number of nitrogens with zero attached hydrogens (tertiary/aromatic N) is 1. The fraction of sp³-hybridized carbons (Fsp3) is 0.706. The highest BCUT2D eigenvalue weighted by atomic mass is 79.9. The molecule has 3 unspecified atom stereocenters. The van der Waals surface area contributed by atoms with Crippen LogP contribution >= 0.6 is 31.9 Å². The van der Waals surface area contributed by atoms with Gasteiger partial charge in [0.15, 0.2) is 0 Å². The Morgan fingerprint density at radius 1 is 1.29 bits per heavy atom. The van der Waals surface area contributed by atoms with Gasteiger partial charge in [-0.1, -0.05) is 39.5 Å². The molecule has 3 atom stereocenters. The SMILES string of the molecule is CCCNC(c1ncc(Br)cc1Br)C1CCCCC1CC. The third-order valence-electron chi connectivity index (χ3n) is 4.67. The van der Waals surface area contributed by atoms with E-state index in [9.17, 15) is 0 Å². The number of aromatic nitrogens is 1. The van der Waals surface area contributed by atoms with Gasteiger partial charge >= 0.3 is 0 Å². The number of pyridine rings is 1. The fourth-order valence-electron chi connectivity index (χ4n) is 3.59. The molecular weight excluding hydrogens is 392 g/mol. The average Bonchev–Trinajstić information content (AvgIpc) is 2.49. The van der Waals surface area contributed by atoms with Crippen LogP contribution in [0.25, 0.3) is 0 Å². The molecule has 0 aromatic carbocycles. The van der Waals surface area contributed by atoms with Gasteiger partial charge in [0.2, 0.25) is 0 Å². The molecule has 0 bridgehead atoms. The van der Waals surface area contributed by atoms with Gasteiger partial charge in [0.1, 0.15) is 0 Å². The van der Waals surface area contributed by atoms with Crippen LogP contribution in [-0.2, 0) is 0 Å². The minimum Gasteiger partial charge on any atom is -0.308 e. The van der Waals surface area contributed by atoms with Crippen molar-refractivity contribution in [1.29, 1.82) is 0 Å². The molecular formula is C17H26Br2N2. The molecule has 1 N–H and O–H groups in total. The van der Waals surface area contributed by atoms with Gasteiger partial charge in [-0.25, -0.2) is 0 Å². The molecule has 1 aliphatic carbocycles. The molecule has 1 saturated carbocycles. The van der Waals surface area contributed by atoms with Crippen molar-refractivity contribution >= 4 is 31.9 Å². The molecule has 118 valence electrons. The number of halogens is 2. The molecule has 0 saturated heterocycles. The Bertz CT molecular complexity index is 450. The van der Waals surface area contributed by atoms with E-state index in [2.05, 4.69) is 57.1 Å². The lowest BCUT2D eigenvalue weighted by molar-refractivity contribution is 0.173. The van der Waals surface area contributed by atoms with Crippen LogP contribution < -0.4 is 5.32 Å². The van der Waals surface area contributed by atoms with Gasteiger partial charge in [0, 0.05) is 15.1 Å². The summed E-state index contributed by atoms with van der Waals surface area (Å²) in [7, 11) is 0. The normalized spacial score (nSPS) is 24.0. The van der Waals surface area contributed by atoms with E-state index in [0.29, 0.717) is 12.0 Å². The Labute approximate surface area is 145 Å². The van der Waals surface area contributed by atoms with Crippen molar-refractivity contribution in [3.05, 3.63) is 26.9 Å². The molecule has 1 aromatic rings. The maximum absolute atomic E-state index is 4.72. The topological polar surface area (TPSA) is 24.9 Å². The third kappa shape index (κ3) is 4.52. The summed E-state index contributed by atoms with van der Waals surface area (Å²) >= 11 is 7.22. The van der Waals surface area contributed by atoms with E-state index in [-0.39, 0.29) is 0 Å². The molecule has 0 amide bonds. The van der Waals surface area contributed by atoms with Crippen LogP contribution in [0.15, 0.2) is 21.2 Å². The van der Waals surface area contributed by atoms with Crippen LogP contribution in [0.4, 0.5) is 0 Å². The number of nitrogens with one attached hydrogen (secondary N) is 1. The zero-order valence-electron chi connectivity index (χ0n) is 13.0. The lowest BCUT2D eigenvalue weighted by Crippen LogP contribution is -2.35. The number of hydrogen-bond donors (Lipinski definition) is 1. The Kier molecular flexibility index (Phi) is 7.17. The van der Waals surface area contributed by atoms with Crippen LogP contribution in [0.2, 0.25) is 0 Å². The van der Waals surface area contributed by atoms with Crippen molar-refractivity contribution in [3.63, 3.8) is 0 Å². The zero-order chi connectivity index (χ0) is 15.2. The van der Waals surface area contributed by atoms with Gasteiger partial charge in [-0.2, -0.15) is 0 Å². The summed E-state index contributed by atoms with van der Waals surface area (Å²) in [5, 5.41) is 3.77. The van der Waals surface area contributed by atoms with Gasteiger partial charge in [-0.3, -0.25) is 4.98 Å². The summed E-state index contributed by atoms with van der Waals surface area (Å²) in [5.74, 6) is 1.53. The molecule has 1 aliphatic rings. The van der Waals surface area contributed by atoms with E-state index >= 15 is 0 Å². The molecule has 2 nitrogen and oxygen atoms in total. The van der Waals surface area contributed by atoms with E-state index in [1.807, 2.05) is 6.20 Å². The van der Waals surface area contributed by atoms with E-state index in [4.69, 9.17) is 4.98 Å². The first-order chi connectivity index (χ1) is 10.2. The van der Waals surface area contributed by atoms with Crippen LogP contribution in [-0.4, -0.2) is 11.5 Å². The number of rotatable bonds is 6. The van der Waals surface area contributed by atoms with Gasteiger partial charge in [0.05, 0.1) is 11.7 Å². The summed E-state index contributed by atoms with van der Waals surface area (Å²) in [5.41, 5.74) is 1.18. The highest BCUT2D eigenvalue weighted by Crippen LogP contribution is 2.41. The average molecular weight is 418 g/mol. The highest BCUT2D eigenvalue weighted by molar-refractivity contribution is 9.11. The van der Waals surface area contributed by atoms with E-state index < -0.39 is 0 Å². The van der Waals surface area contributed by atoms with E-state index in [1.54, 1.807) is 0 Å².